The lowest BCUT2D eigenvalue weighted by molar-refractivity contribution is 0.0938. The number of thiophene rings is 1. The standard InChI is InChI=1S/C12H17BrN2OS.ClH/c13-10-6-9(7-17-10)11(16)15-8-12(14)4-2-1-3-5-12;/h6-7H,1-5,8,14H2,(H,15,16);1H. The number of rotatable bonds is 3. The minimum atomic E-state index is -0.193. The number of carbonyl (C=O) groups is 1. The van der Waals surface area contributed by atoms with Gasteiger partial charge in [0.2, 0.25) is 0 Å². The van der Waals surface area contributed by atoms with Crippen molar-refractivity contribution in [2.24, 2.45) is 5.73 Å². The molecule has 0 saturated heterocycles. The highest BCUT2D eigenvalue weighted by molar-refractivity contribution is 9.11. The van der Waals surface area contributed by atoms with Crippen LogP contribution in [0.1, 0.15) is 42.5 Å². The van der Waals surface area contributed by atoms with Crippen LogP contribution in [0.15, 0.2) is 15.2 Å². The van der Waals surface area contributed by atoms with Gasteiger partial charge in [0.25, 0.3) is 5.91 Å². The van der Waals surface area contributed by atoms with Gasteiger partial charge in [0, 0.05) is 17.5 Å². The van der Waals surface area contributed by atoms with E-state index in [0.717, 1.165) is 16.6 Å². The Hall–Kier alpha value is -0.100. The first-order valence-electron chi connectivity index (χ1n) is 5.90. The molecular weight excluding hydrogens is 336 g/mol. The molecule has 0 spiro atoms. The number of halogens is 2. The van der Waals surface area contributed by atoms with E-state index in [9.17, 15) is 4.79 Å². The van der Waals surface area contributed by atoms with Crippen LogP contribution in [0.4, 0.5) is 0 Å². The molecular formula is C12H18BrClN2OS. The molecule has 1 aromatic heterocycles. The van der Waals surface area contributed by atoms with Crippen LogP contribution in [-0.4, -0.2) is 18.0 Å². The van der Waals surface area contributed by atoms with Crippen LogP contribution in [-0.2, 0) is 0 Å². The topological polar surface area (TPSA) is 55.1 Å². The molecule has 102 valence electrons. The molecule has 0 aromatic carbocycles. The first-order chi connectivity index (χ1) is 8.09. The van der Waals surface area contributed by atoms with Crippen LogP contribution in [0.25, 0.3) is 0 Å². The maximum atomic E-state index is 11.9. The second kappa shape index (κ2) is 6.89. The van der Waals surface area contributed by atoms with Gasteiger partial charge in [-0.1, -0.05) is 19.3 Å². The molecule has 1 heterocycles. The highest BCUT2D eigenvalue weighted by Crippen LogP contribution is 2.25. The van der Waals surface area contributed by atoms with Crippen molar-refractivity contribution in [1.82, 2.24) is 5.32 Å². The average Bonchev–Trinajstić information content (AvgIpc) is 2.74. The van der Waals surface area contributed by atoms with Crippen LogP contribution < -0.4 is 11.1 Å². The molecule has 3 nitrogen and oxygen atoms in total. The number of nitrogens with one attached hydrogen (secondary N) is 1. The Labute approximate surface area is 126 Å². The Morgan fingerprint density at radius 2 is 2.11 bits per heavy atom. The lowest BCUT2D eigenvalue weighted by Gasteiger charge is -2.33. The van der Waals surface area contributed by atoms with E-state index in [1.807, 2.05) is 11.4 Å². The molecule has 1 amide bonds. The van der Waals surface area contributed by atoms with Gasteiger partial charge in [-0.25, -0.2) is 0 Å². The zero-order chi connectivity index (χ0) is 12.3. The van der Waals surface area contributed by atoms with Crippen molar-refractivity contribution in [3.63, 3.8) is 0 Å². The minimum Gasteiger partial charge on any atom is -0.350 e. The van der Waals surface area contributed by atoms with Crippen LogP contribution in [0.3, 0.4) is 0 Å². The maximum absolute atomic E-state index is 11.9. The van der Waals surface area contributed by atoms with Crippen LogP contribution >= 0.6 is 39.7 Å². The first kappa shape index (κ1) is 16.0. The summed E-state index contributed by atoms with van der Waals surface area (Å²) in [6.07, 6.45) is 5.65. The predicted octanol–water partition coefficient (Wildman–Crippen LogP) is 3.32. The highest BCUT2D eigenvalue weighted by atomic mass is 79.9. The summed E-state index contributed by atoms with van der Waals surface area (Å²) < 4.78 is 0.975. The van der Waals surface area contributed by atoms with Gasteiger partial charge in [-0.2, -0.15) is 0 Å². The monoisotopic (exact) mass is 352 g/mol. The predicted molar refractivity (Wildman–Crippen MR) is 81.6 cm³/mol. The SMILES string of the molecule is Cl.NC1(CNC(=O)c2csc(Br)c2)CCCCC1. The van der Waals surface area contributed by atoms with Crippen molar-refractivity contribution in [2.75, 3.05) is 6.54 Å². The normalized spacial score (nSPS) is 17.9. The Balaban J connectivity index is 0.00000162. The van der Waals surface area contributed by atoms with Crippen molar-refractivity contribution < 1.29 is 4.79 Å². The zero-order valence-corrected chi connectivity index (χ0v) is 13.3. The fourth-order valence-corrected chi connectivity index (χ4v) is 3.36. The summed E-state index contributed by atoms with van der Waals surface area (Å²) in [6.45, 7) is 0.583. The van der Waals surface area contributed by atoms with Crippen molar-refractivity contribution in [2.45, 2.75) is 37.6 Å². The average molecular weight is 354 g/mol. The van der Waals surface area contributed by atoms with Crippen LogP contribution in [0, 0.1) is 0 Å². The minimum absolute atomic E-state index is 0. The van der Waals surface area contributed by atoms with Crippen molar-refractivity contribution in [3.8, 4) is 0 Å². The molecule has 0 bridgehead atoms. The smallest absolute Gasteiger partial charge is 0.252 e. The van der Waals surface area contributed by atoms with Gasteiger partial charge in [0.1, 0.15) is 0 Å². The van der Waals surface area contributed by atoms with Gasteiger partial charge >= 0.3 is 0 Å². The quantitative estimate of drug-likeness (QED) is 0.876. The first-order valence-corrected chi connectivity index (χ1v) is 7.57. The molecule has 18 heavy (non-hydrogen) atoms. The summed E-state index contributed by atoms with van der Waals surface area (Å²) in [6, 6.07) is 1.84. The van der Waals surface area contributed by atoms with Gasteiger partial charge in [0.15, 0.2) is 0 Å². The molecule has 0 atom stereocenters. The lowest BCUT2D eigenvalue weighted by Crippen LogP contribution is -2.51. The van der Waals surface area contributed by atoms with E-state index in [1.54, 1.807) is 0 Å². The van der Waals surface area contributed by atoms with Gasteiger partial charge in [-0.3, -0.25) is 4.79 Å². The molecule has 3 N–H and O–H groups in total. The second-order valence-corrected chi connectivity index (χ2v) is 7.04. The van der Waals surface area contributed by atoms with Crippen molar-refractivity contribution >= 4 is 45.6 Å². The summed E-state index contributed by atoms with van der Waals surface area (Å²) in [7, 11) is 0. The van der Waals surface area contributed by atoms with E-state index in [1.165, 1.54) is 30.6 Å². The van der Waals surface area contributed by atoms with Gasteiger partial charge in [0.05, 0.1) is 9.35 Å². The summed E-state index contributed by atoms with van der Waals surface area (Å²) in [5.74, 6) is -0.0256. The lowest BCUT2D eigenvalue weighted by atomic mass is 9.82. The van der Waals surface area contributed by atoms with E-state index in [2.05, 4.69) is 21.2 Å². The van der Waals surface area contributed by atoms with Crippen LogP contribution in [0.5, 0.6) is 0 Å². The summed E-state index contributed by atoms with van der Waals surface area (Å²) in [5, 5.41) is 4.80. The van der Waals surface area contributed by atoms with E-state index >= 15 is 0 Å². The summed E-state index contributed by atoms with van der Waals surface area (Å²) >= 11 is 4.87. The van der Waals surface area contributed by atoms with E-state index < -0.39 is 0 Å². The molecule has 1 aliphatic carbocycles. The third kappa shape index (κ3) is 4.23. The molecule has 1 fully saturated rings. The molecule has 1 aliphatic rings. The largest absolute Gasteiger partial charge is 0.350 e. The van der Waals surface area contributed by atoms with E-state index in [-0.39, 0.29) is 23.9 Å². The summed E-state index contributed by atoms with van der Waals surface area (Å²) in [5.41, 5.74) is 6.79. The highest BCUT2D eigenvalue weighted by Gasteiger charge is 2.27. The summed E-state index contributed by atoms with van der Waals surface area (Å²) in [4.78, 5) is 11.9. The Kier molecular flexibility index (Phi) is 6.11. The fraction of sp³-hybridized carbons (Fsp3) is 0.583. The van der Waals surface area contributed by atoms with E-state index in [4.69, 9.17) is 5.73 Å². The number of hydrogen-bond donors (Lipinski definition) is 2. The molecule has 0 unspecified atom stereocenters. The number of amides is 1. The maximum Gasteiger partial charge on any atom is 0.252 e. The Bertz CT molecular complexity index is 405. The molecule has 1 saturated carbocycles. The van der Waals surface area contributed by atoms with Gasteiger partial charge < -0.3 is 11.1 Å². The van der Waals surface area contributed by atoms with Crippen molar-refractivity contribution in [1.29, 1.82) is 0 Å². The molecule has 2 rings (SSSR count). The molecule has 0 aliphatic heterocycles. The fourth-order valence-electron chi connectivity index (χ4n) is 2.22. The van der Waals surface area contributed by atoms with Crippen molar-refractivity contribution in [3.05, 3.63) is 20.8 Å². The second-order valence-electron chi connectivity index (χ2n) is 4.75. The third-order valence-corrected chi connectivity index (χ3v) is 4.78. The van der Waals surface area contributed by atoms with E-state index in [0.29, 0.717) is 12.1 Å². The Morgan fingerprint density at radius 1 is 1.44 bits per heavy atom. The molecule has 6 heteroatoms. The zero-order valence-electron chi connectivity index (χ0n) is 10.1. The molecule has 1 aromatic rings. The Morgan fingerprint density at radius 3 is 2.67 bits per heavy atom. The number of hydrogen-bond acceptors (Lipinski definition) is 3. The van der Waals surface area contributed by atoms with Gasteiger partial charge in [-0.05, 0) is 34.8 Å². The third-order valence-electron chi connectivity index (χ3n) is 3.28. The number of carbonyl (C=O) groups excluding carboxylic acids is 1. The van der Waals surface area contributed by atoms with Crippen LogP contribution in [0.2, 0.25) is 0 Å². The number of nitrogens with two attached hydrogens (primary N) is 1. The van der Waals surface area contributed by atoms with Gasteiger partial charge in [-0.15, -0.1) is 23.7 Å². The molecule has 0 radical (unpaired) electrons.